The molecular weight excluding hydrogens is 370 g/mol. The first-order chi connectivity index (χ1) is 13.9. The maximum absolute atomic E-state index is 12.9. The van der Waals surface area contributed by atoms with E-state index in [1.165, 1.54) is 14.0 Å². The minimum atomic E-state index is -0.992. The number of hydrogen-bond donors (Lipinski definition) is 2. The van der Waals surface area contributed by atoms with Crippen LogP contribution in [0.5, 0.6) is 0 Å². The normalized spacial score (nSPS) is 12.2. The fraction of sp³-hybridized carbons (Fsp3) is 0.273. The predicted molar refractivity (Wildman–Crippen MR) is 107 cm³/mol. The monoisotopic (exact) mass is 393 g/mol. The van der Waals surface area contributed by atoms with E-state index in [-0.39, 0.29) is 18.7 Å². The Hall–Kier alpha value is -3.66. The lowest BCUT2D eigenvalue weighted by molar-refractivity contribution is -0.145. The van der Waals surface area contributed by atoms with E-state index >= 15 is 0 Å². The number of methoxy groups -OCH3 is 1. The van der Waals surface area contributed by atoms with Gasteiger partial charge in [-0.05, 0) is 17.2 Å². The molecule has 0 aliphatic carbocycles. The standard InChI is InChI=1S/C22H23N3O4/c1-15(26)24-19(12-16-8-4-3-5-9-16)21(27)25-20(22(28)29-2)13-17-10-6-7-11-18(17)14-23/h3-11,19-20H,12-13H2,1-2H3,(H,24,26)(H,25,27)/t19-,20-/m1/s1. The van der Waals surface area contributed by atoms with Crippen LogP contribution in [0.25, 0.3) is 0 Å². The highest BCUT2D eigenvalue weighted by Crippen LogP contribution is 2.12. The summed E-state index contributed by atoms with van der Waals surface area (Å²) in [5.41, 5.74) is 1.90. The van der Waals surface area contributed by atoms with Crippen molar-refractivity contribution in [3.05, 3.63) is 71.3 Å². The molecule has 150 valence electrons. The van der Waals surface area contributed by atoms with Crippen LogP contribution < -0.4 is 10.6 Å². The van der Waals surface area contributed by atoms with Crippen molar-refractivity contribution >= 4 is 17.8 Å². The van der Waals surface area contributed by atoms with E-state index in [1.54, 1.807) is 24.3 Å². The third-order valence-corrected chi connectivity index (χ3v) is 4.34. The highest BCUT2D eigenvalue weighted by Gasteiger charge is 2.27. The SMILES string of the molecule is COC(=O)[C@@H](Cc1ccccc1C#N)NC(=O)[C@@H](Cc1ccccc1)NC(C)=O. The molecule has 7 nitrogen and oxygen atoms in total. The minimum absolute atomic E-state index is 0.0975. The molecule has 0 heterocycles. The number of nitrogens with zero attached hydrogens (tertiary/aromatic N) is 1. The van der Waals surface area contributed by atoms with Gasteiger partial charge in [0, 0.05) is 19.8 Å². The lowest BCUT2D eigenvalue weighted by Crippen LogP contribution is -2.53. The molecule has 0 saturated heterocycles. The van der Waals surface area contributed by atoms with Gasteiger partial charge in [-0.15, -0.1) is 0 Å². The Morgan fingerprint density at radius 1 is 0.966 bits per heavy atom. The van der Waals surface area contributed by atoms with E-state index in [9.17, 15) is 19.6 Å². The first-order valence-electron chi connectivity index (χ1n) is 9.11. The van der Waals surface area contributed by atoms with Crippen LogP contribution in [0.3, 0.4) is 0 Å². The molecule has 0 radical (unpaired) electrons. The first-order valence-corrected chi connectivity index (χ1v) is 9.11. The smallest absolute Gasteiger partial charge is 0.328 e. The summed E-state index contributed by atoms with van der Waals surface area (Å²) >= 11 is 0. The Morgan fingerprint density at radius 3 is 2.24 bits per heavy atom. The van der Waals surface area contributed by atoms with Crippen molar-refractivity contribution in [2.45, 2.75) is 31.8 Å². The molecule has 0 aliphatic heterocycles. The summed E-state index contributed by atoms with van der Waals surface area (Å²) in [6.45, 7) is 1.33. The molecule has 2 amide bonds. The molecule has 2 N–H and O–H groups in total. The fourth-order valence-electron chi connectivity index (χ4n) is 2.94. The summed E-state index contributed by atoms with van der Waals surface area (Å²) in [6, 6.07) is 16.3. The molecule has 2 rings (SSSR count). The van der Waals surface area contributed by atoms with Crippen molar-refractivity contribution in [3.8, 4) is 6.07 Å². The van der Waals surface area contributed by atoms with Gasteiger partial charge in [-0.1, -0.05) is 48.5 Å². The molecular formula is C22H23N3O4. The van der Waals surface area contributed by atoms with Gasteiger partial charge in [0.1, 0.15) is 12.1 Å². The first kappa shape index (κ1) is 21.6. The average molecular weight is 393 g/mol. The van der Waals surface area contributed by atoms with Gasteiger partial charge in [-0.2, -0.15) is 5.26 Å². The molecule has 0 fully saturated rings. The zero-order chi connectivity index (χ0) is 21.2. The molecule has 0 bridgehead atoms. The van der Waals surface area contributed by atoms with Gasteiger partial charge in [-0.3, -0.25) is 9.59 Å². The molecule has 29 heavy (non-hydrogen) atoms. The number of benzene rings is 2. The van der Waals surface area contributed by atoms with Gasteiger partial charge in [0.2, 0.25) is 11.8 Å². The van der Waals surface area contributed by atoms with E-state index < -0.39 is 24.0 Å². The number of carbonyl (C=O) groups is 3. The topological polar surface area (TPSA) is 108 Å². The zero-order valence-corrected chi connectivity index (χ0v) is 16.3. The lowest BCUT2D eigenvalue weighted by atomic mass is 10.00. The van der Waals surface area contributed by atoms with Crippen LogP contribution in [-0.4, -0.2) is 37.0 Å². The zero-order valence-electron chi connectivity index (χ0n) is 16.3. The number of amides is 2. The number of carbonyl (C=O) groups excluding carboxylic acids is 3. The second-order valence-corrected chi connectivity index (χ2v) is 6.50. The van der Waals surface area contributed by atoms with Crippen LogP contribution >= 0.6 is 0 Å². The van der Waals surface area contributed by atoms with E-state index in [0.29, 0.717) is 11.1 Å². The third-order valence-electron chi connectivity index (χ3n) is 4.34. The molecule has 2 aromatic rings. The van der Waals surface area contributed by atoms with Gasteiger partial charge in [-0.25, -0.2) is 4.79 Å². The van der Waals surface area contributed by atoms with Crippen molar-refractivity contribution in [3.63, 3.8) is 0 Å². The Bertz CT molecular complexity index is 906. The average Bonchev–Trinajstić information content (AvgIpc) is 2.73. The van der Waals surface area contributed by atoms with Crippen molar-refractivity contribution in [2.75, 3.05) is 7.11 Å². The molecule has 0 aromatic heterocycles. The minimum Gasteiger partial charge on any atom is -0.467 e. The number of esters is 1. The highest BCUT2D eigenvalue weighted by atomic mass is 16.5. The van der Waals surface area contributed by atoms with Crippen molar-refractivity contribution in [2.24, 2.45) is 0 Å². The maximum atomic E-state index is 12.9. The van der Waals surface area contributed by atoms with E-state index in [0.717, 1.165) is 5.56 Å². The molecule has 2 aromatic carbocycles. The fourth-order valence-corrected chi connectivity index (χ4v) is 2.94. The summed E-state index contributed by atoms with van der Waals surface area (Å²) in [5, 5.41) is 14.5. The van der Waals surface area contributed by atoms with E-state index in [1.807, 2.05) is 30.3 Å². The molecule has 7 heteroatoms. The van der Waals surface area contributed by atoms with Gasteiger partial charge >= 0.3 is 5.97 Å². The second-order valence-electron chi connectivity index (χ2n) is 6.50. The summed E-state index contributed by atoms with van der Waals surface area (Å²) in [4.78, 5) is 36.7. The van der Waals surface area contributed by atoms with Crippen molar-refractivity contribution < 1.29 is 19.1 Å². The Balaban J connectivity index is 2.20. The third kappa shape index (κ3) is 6.47. The van der Waals surface area contributed by atoms with E-state index in [4.69, 9.17) is 4.74 Å². The molecule has 0 saturated carbocycles. The predicted octanol–water partition coefficient (Wildman–Crippen LogP) is 1.51. The summed E-state index contributed by atoms with van der Waals surface area (Å²) < 4.78 is 4.81. The van der Waals surface area contributed by atoms with Crippen molar-refractivity contribution in [1.29, 1.82) is 5.26 Å². The molecule has 0 unspecified atom stereocenters. The van der Waals surface area contributed by atoms with Crippen LogP contribution in [0.4, 0.5) is 0 Å². The second kappa shape index (κ2) is 10.6. The quantitative estimate of drug-likeness (QED) is 0.661. The molecule has 0 aliphatic rings. The van der Waals surface area contributed by atoms with Gasteiger partial charge in [0.15, 0.2) is 0 Å². The molecule has 2 atom stereocenters. The van der Waals surface area contributed by atoms with Crippen molar-refractivity contribution in [1.82, 2.24) is 10.6 Å². The maximum Gasteiger partial charge on any atom is 0.328 e. The Kier molecular flexibility index (Phi) is 7.92. The van der Waals surface area contributed by atoms with Gasteiger partial charge in [0.25, 0.3) is 0 Å². The summed E-state index contributed by atoms with van der Waals surface area (Å²) in [6.07, 6.45) is 0.370. The number of nitriles is 1. The van der Waals surface area contributed by atoms with Crippen LogP contribution in [0, 0.1) is 11.3 Å². The number of nitrogens with one attached hydrogen (secondary N) is 2. The molecule has 0 spiro atoms. The number of ether oxygens (including phenoxy) is 1. The highest BCUT2D eigenvalue weighted by molar-refractivity contribution is 5.90. The van der Waals surface area contributed by atoms with Gasteiger partial charge in [0.05, 0.1) is 18.7 Å². The number of hydrogen-bond acceptors (Lipinski definition) is 5. The Labute approximate surface area is 169 Å². The van der Waals surface area contributed by atoms with Crippen LogP contribution in [-0.2, 0) is 32.0 Å². The van der Waals surface area contributed by atoms with Crippen LogP contribution in [0.15, 0.2) is 54.6 Å². The summed E-state index contributed by atoms with van der Waals surface area (Å²) in [5.74, 6) is -1.49. The van der Waals surface area contributed by atoms with Crippen LogP contribution in [0.2, 0.25) is 0 Å². The van der Waals surface area contributed by atoms with Gasteiger partial charge < -0.3 is 15.4 Å². The Morgan fingerprint density at radius 2 is 1.62 bits per heavy atom. The largest absolute Gasteiger partial charge is 0.467 e. The lowest BCUT2D eigenvalue weighted by Gasteiger charge is -2.22. The summed E-state index contributed by atoms with van der Waals surface area (Å²) in [7, 11) is 1.23. The van der Waals surface area contributed by atoms with E-state index in [2.05, 4.69) is 16.7 Å². The van der Waals surface area contributed by atoms with Crippen LogP contribution in [0.1, 0.15) is 23.6 Å². The number of rotatable bonds is 8.